The summed E-state index contributed by atoms with van der Waals surface area (Å²) >= 11 is 0. The number of hydrogen-bond donors (Lipinski definition) is 0. The number of rotatable bonds is 6. The largest absolute Gasteiger partial charge is 0.493 e. The summed E-state index contributed by atoms with van der Waals surface area (Å²) in [5.74, 6) is 1.46. The van der Waals surface area contributed by atoms with Gasteiger partial charge >= 0.3 is 0 Å². The zero-order valence-corrected chi connectivity index (χ0v) is 13.6. The van der Waals surface area contributed by atoms with Crippen LogP contribution in [-0.4, -0.2) is 32.0 Å². The molecule has 1 unspecified atom stereocenters. The molecule has 1 heterocycles. The van der Waals surface area contributed by atoms with Crippen LogP contribution >= 0.6 is 0 Å². The topological polar surface area (TPSA) is 55.8 Å². The molecular weight excluding hydrogens is 282 g/mol. The number of carbonyl (C=O) groups excluding carboxylic acids is 2. The predicted octanol–water partition coefficient (Wildman–Crippen LogP) is 3.06. The highest BCUT2D eigenvalue weighted by Crippen LogP contribution is 2.43. The number of nitrogens with zero attached hydrogens (tertiary/aromatic N) is 1. The molecule has 0 saturated heterocycles. The minimum atomic E-state index is -0.504. The molecule has 0 aliphatic carbocycles. The van der Waals surface area contributed by atoms with Crippen molar-refractivity contribution < 1.29 is 19.1 Å². The molecule has 1 aromatic rings. The van der Waals surface area contributed by atoms with Gasteiger partial charge in [-0.25, -0.2) is 0 Å². The van der Waals surface area contributed by atoms with Crippen LogP contribution in [0.3, 0.4) is 0 Å². The summed E-state index contributed by atoms with van der Waals surface area (Å²) in [6, 6.07) is 3.32. The predicted molar refractivity (Wildman–Crippen MR) is 84.9 cm³/mol. The molecule has 5 nitrogen and oxygen atoms in total. The fourth-order valence-corrected chi connectivity index (χ4v) is 2.51. The number of anilines is 1. The van der Waals surface area contributed by atoms with Crippen LogP contribution in [0, 0.1) is 5.92 Å². The van der Waals surface area contributed by atoms with Crippen LogP contribution in [0.5, 0.6) is 11.5 Å². The van der Waals surface area contributed by atoms with E-state index in [1.807, 2.05) is 6.92 Å². The van der Waals surface area contributed by atoms with E-state index in [0.717, 1.165) is 12.7 Å². The lowest BCUT2D eigenvalue weighted by atomic mass is 10.1. The van der Waals surface area contributed by atoms with Gasteiger partial charge in [0.05, 0.1) is 12.8 Å². The second kappa shape index (κ2) is 6.81. The standard InChI is InChI=1S/C17H23NO4/c1-5-14-17(20)18(7-6-11(2)3)13-8-12(10-19)9-15(21-4)16(13)22-14/h8-11,14H,5-7H2,1-4H3. The normalized spacial score (nSPS) is 17.2. The number of carbonyl (C=O) groups is 2. The first kappa shape index (κ1) is 16.3. The van der Waals surface area contributed by atoms with Gasteiger partial charge in [0.15, 0.2) is 17.6 Å². The fraction of sp³-hybridized carbons (Fsp3) is 0.529. The third-order valence-corrected chi connectivity index (χ3v) is 3.81. The number of benzene rings is 1. The Kier molecular flexibility index (Phi) is 5.06. The smallest absolute Gasteiger partial charge is 0.268 e. The molecule has 120 valence electrons. The van der Waals surface area contributed by atoms with Gasteiger partial charge in [0.25, 0.3) is 5.91 Å². The number of fused-ring (bicyclic) bond motifs is 1. The maximum absolute atomic E-state index is 12.6. The van der Waals surface area contributed by atoms with Crippen LogP contribution in [0.25, 0.3) is 0 Å². The minimum absolute atomic E-state index is 0.0549. The van der Waals surface area contributed by atoms with E-state index in [0.29, 0.717) is 41.6 Å². The molecule has 22 heavy (non-hydrogen) atoms. The van der Waals surface area contributed by atoms with Gasteiger partial charge in [0, 0.05) is 12.1 Å². The molecule has 0 radical (unpaired) electrons. The highest BCUT2D eigenvalue weighted by molar-refractivity contribution is 6.01. The number of ether oxygens (including phenoxy) is 2. The third-order valence-electron chi connectivity index (χ3n) is 3.81. The van der Waals surface area contributed by atoms with Gasteiger partial charge < -0.3 is 14.4 Å². The zero-order valence-electron chi connectivity index (χ0n) is 13.6. The Labute approximate surface area is 131 Å². The van der Waals surface area contributed by atoms with Crippen molar-refractivity contribution in [2.24, 2.45) is 5.92 Å². The molecule has 0 bridgehead atoms. The number of methoxy groups -OCH3 is 1. The molecule has 5 heteroatoms. The van der Waals surface area contributed by atoms with Crippen molar-refractivity contribution in [3.8, 4) is 11.5 Å². The van der Waals surface area contributed by atoms with Crippen molar-refractivity contribution in [2.45, 2.75) is 39.7 Å². The quantitative estimate of drug-likeness (QED) is 0.758. The lowest BCUT2D eigenvalue weighted by molar-refractivity contribution is -0.126. The number of hydrogen-bond acceptors (Lipinski definition) is 4. The van der Waals surface area contributed by atoms with Crippen molar-refractivity contribution in [3.05, 3.63) is 17.7 Å². The van der Waals surface area contributed by atoms with Crippen LogP contribution in [0.15, 0.2) is 12.1 Å². The van der Waals surface area contributed by atoms with Crippen LogP contribution in [-0.2, 0) is 4.79 Å². The molecule has 0 aromatic heterocycles. The molecule has 0 spiro atoms. The van der Waals surface area contributed by atoms with Crippen molar-refractivity contribution in [2.75, 3.05) is 18.6 Å². The fourth-order valence-electron chi connectivity index (χ4n) is 2.51. The summed E-state index contributed by atoms with van der Waals surface area (Å²) in [5.41, 5.74) is 1.09. The Balaban J connectivity index is 2.49. The van der Waals surface area contributed by atoms with Gasteiger partial charge in [-0.2, -0.15) is 0 Å². The lowest BCUT2D eigenvalue weighted by Crippen LogP contribution is -2.46. The zero-order chi connectivity index (χ0) is 16.3. The second-order valence-corrected chi connectivity index (χ2v) is 5.88. The molecule has 1 atom stereocenters. The Morgan fingerprint density at radius 3 is 2.68 bits per heavy atom. The van der Waals surface area contributed by atoms with Crippen LogP contribution in [0.2, 0.25) is 0 Å². The third kappa shape index (κ3) is 3.08. The first-order valence-corrected chi connectivity index (χ1v) is 7.67. The van der Waals surface area contributed by atoms with Gasteiger partial charge in [0.2, 0.25) is 0 Å². The van der Waals surface area contributed by atoms with Crippen LogP contribution in [0.1, 0.15) is 44.0 Å². The van der Waals surface area contributed by atoms with Gasteiger partial charge in [-0.15, -0.1) is 0 Å². The van der Waals surface area contributed by atoms with E-state index >= 15 is 0 Å². The lowest BCUT2D eigenvalue weighted by Gasteiger charge is -2.35. The summed E-state index contributed by atoms with van der Waals surface area (Å²) in [6.45, 7) is 6.76. The Morgan fingerprint density at radius 2 is 2.14 bits per heavy atom. The van der Waals surface area contributed by atoms with Crippen molar-refractivity contribution >= 4 is 17.9 Å². The van der Waals surface area contributed by atoms with Gasteiger partial charge in [-0.3, -0.25) is 9.59 Å². The summed E-state index contributed by atoms with van der Waals surface area (Å²) in [4.78, 5) is 25.5. The van der Waals surface area contributed by atoms with Crippen LogP contribution in [0.4, 0.5) is 5.69 Å². The van der Waals surface area contributed by atoms with Crippen molar-refractivity contribution in [1.29, 1.82) is 0 Å². The van der Waals surface area contributed by atoms with Crippen molar-refractivity contribution in [1.82, 2.24) is 0 Å². The summed E-state index contributed by atoms with van der Waals surface area (Å²) in [6.07, 6.45) is 1.72. The Bertz CT molecular complexity index is 568. The van der Waals surface area contributed by atoms with E-state index in [-0.39, 0.29) is 5.91 Å². The molecule has 1 aliphatic rings. The average molecular weight is 305 g/mol. The van der Waals surface area contributed by atoms with Gasteiger partial charge in [-0.1, -0.05) is 20.8 Å². The molecule has 1 aliphatic heterocycles. The Hall–Kier alpha value is -2.04. The summed E-state index contributed by atoms with van der Waals surface area (Å²) < 4.78 is 11.2. The van der Waals surface area contributed by atoms with Gasteiger partial charge in [-0.05, 0) is 30.9 Å². The molecular formula is C17H23NO4. The maximum atomic E-state index is 12.6. The highest BCUT2D eigenvalue weighted by Gasteiger charge is 2.35. The van der Waals surface area contributed by atoms with E-state index in [9.17, 15) is 9.59 Å². The average Bonchev–Trinajstić information content (AvgIpc) is 2.52. The molecule has 1 amide bonds. The van der Waals surface area contributed by atoms with E-state index in [4.69, 9.17) is 9.47 Å². The first-order chi connectivity index (χ1) is 10.5. The van der Waals surface area contributed by atoms with E-state index in [1.54, 1.807) is 17.0 Å². The van der Waals surface area contributed by atoms with E-state index < -0.39 is 6.10 Å². The maximum Gasteiger partial charge on any atom is 0.268 e. The molecule has 2 rings (SSSR count). The minimum Gasteiger partial charge on any atom is -0.493 e. The monoisotopic (exact) mass is 305 g/mol. The second-order valence-electron chi connectivity index (χ2n) is 5.88. The molecule has 1 aromatic carbocycles. The van der Waals surface area contributed by atoms with Crippen LogP contribution < -0.4 is 14.4 Å². The SMILES string of the molecule is CCC1Oc2c(OC)cc(C=O)cc2N(CCC(C)C)C1=O. The Morgan fingerprint density at radius 1 is 1.41 bits per heavy atom. The number of amides is 1. The molecule has 0 N–H and O–H groups in total. The number of aldehydes is 1. The first-order valence-electron chi connectivity index (χ1n) is 7.67. The van der Waals surface area contributed by atoms with E-state index in [2.05, 4.69) is 13.8 Å². The molecule has 0 saturated carbocycles. The highest BCUT2D eigenvalue weighted by atomic mass is 16.5. The summed E-state index contributed by atoms with van der Waals surface area (Å²) in [7, 11) is 1.53. The van der Waals surface area contributed by atoms with Crippen molar-refractivity contribution in [3.63, 3.8) is 0 Å². The van der Waals surface area contributed by atoms with E-state index in [1.165, 1.54) is 7.11 Å². The molecule has 0 fully saturated rings. The van der Waals surface area contributed by atoms with Gasteiger partial charge in [0.1, 0.15) is 6.29 Å². The summed E-state index contributed by atoms with van der Waals surface area (Å²) in [5, 5.41) is 0.